The molecule has 0 aliphatic heterocycles. The van der Waals surface area contributed by atoms with Crippen LogP contribution in [0.15, 0.2) is 41.8 Å². The first kappa shape index (κ1) is 14.7. The Morgan fingerprint density at radius 2 is 2.10 bits per heavy atom. The summed E-state index contributed by atoms with van der Waals surface area (Å²) >= 11 is 1.67. The zero-order valence-electron chi connectivity index (χ0n) is 11.5. The van der Waals surface area contributed by atoms with Crippen LogP contribution in [-0.4, -0.2) is 19.0 Å². The van der Waals surface area contributed by atoms with Gasteiger partial charge in [-0.1, -0.05) is 18.2 Å². The molecule has 0 saturated heterocycles. The van der Waals surface area contributed by atoms with Gasteiger partial charge in [0.15, 0.2) is 6.04 Å². The molecule has 2 rings (SSSR count). The number of likely N-dealkylation sites (N-methyl/N-ethyl adjacent to an activating group) is 1. The van der Waals surface area contributed by atoms with Gasteiger partial charge in [-0.2, -0.15) is 0 Å². The van der Waals surface area contributed by atoms with E-state index in [2.05, 4.69) is 11.4 Å². The highest BCUT2D eigenvalue weighted by molar-refractivity contribution is 7.09. The Hall–Kier alpha value is -1.72. The summed E-state index contributed by atoms with van der Waals surface area (Å²) in [5.41, 5.74) is 0.230. The van der Waals surface area contributed by atoms with E-state index in [4.69, 9.17) is 0 Å². The zero-order valence-corrected chi connectivity index (χ0v) is 12.3. The molecule has 2 N–H and O–H groups in total. The van der Waals surface area contributed by atoms with Crippen molar-refractivity contribution in [2.75, 3.05) is 12.4 Å². The maximum atomic E-state index is 13.5. The van der Waals surface area contributed by atoms with Crippen molar-refractivity contribution in [1.82, 2.24) is 0 Å². The highest BCUT2D eigenvalue weighted by Crippen LogP contribution is 2.12. The van der Waals surface area contributed by atoms with E-state index in [-0.39, 0.29) is 17.6 Å². The van der Waals surface area contributed by atoms with E-state index in [1.165, 1.54) is 10.9 Å². The summed E-state index contributed by atoms with van der Waals surface area (Å²) in [7, 11) is 1.96. The van der Waals surface area contributed by atoms with Crippen molar-refractivity contribution in [2.24, 2.45) is 0 Å². The number of hydrogen-bond donors (Lipinski definition) is 2. The van der Waals surface area contributed by atoms with Gasteiger partial charge in [-0.15, -0.1) is 11.3 Å². The quantitative estimate of drug-likeness (QED) is 0.868. The first-order valence-electron chi connectivity index (χ1n) is 6.48. The van der Waals surface area contributed by atoms with Crippen molar-refractivity contribution in [3.8, 4) is 0 Å². The Bertz CT molecular complexity index is 571. The van der Waals surface area contributed by atoms with Crippen LogP contribution in [0.2, 0.25) is 0 Å². The minimum absolute atomic E-state index is 0.177. The molecule has 2 atom stereocenters. The van der Waals surface area contributed by atoms with Gasteiger partial charge in [0.25, 0.3) is 5.91 Å². The van der Waals surface area contributed by atoms with Crippen molar-refractivity contribution in [3.05, 3.63) is 52.5 Å². The molecule has 0 bridgehead atoms. The number of hydrogen-bond acceptors (Lipinski definition) is 2. The van der Waals surface area contributed by atoms with E-state index < -0.39 is 5.82 Å². The van der Waals surface area contributed by atoms with Crippen molar-refractivity contribution >= 4 is 22.9 Å². The molecule has 0 fully saturated rings. The SMILES string of the molecule is C[C@@H](C(=O)Nc1ccccc1F)[NH+](C)Cc1cccs1. The van der Waals surface area contributed by atoms with Gasteiger partial charge in [0.1, 0.15) is 12.4 Å². The predicted molar refractivity (Wildman–Crippen MR) is 79.4 cm³/mol. The Balaban J connectivity index is 1.96. The van der Waals surface area contributed by atoms with E-state index in [0.29, 0.717) is 0 Å². The monoisotopic (exact) mass is 293 g/mol. The molecule has 0 saturated carbocycles. The molecule has 0 radical (unpaired) electrons. The molecular formula is C15H18FN2OS+. The lowest BCUT2D eigenvalue weighted by molar-refractivity contribution is -0.907. The standard InChI is InChI=1S/C15H17FN2OS/c1-11(18(2)10-12-6-5-9-20-12)15(19)17-14-8-4-3-7-13(14)16/h3-9,11H,10H2,1-2H3,(H,17,19)/p+1/t11-/m0/s1. The van der Waals surface area contributed by atoms with Crippen molar-refractivity contribution in [3.63, 3.8) is 0 Å². The molecule has 3 nitrogen and oxygen atoms in total. The number of carbonyl (C=O) groups is 1. The van der Waals surface area contributed by atoms with Crippen molar-refractivity contribution < 1.29 is 14.1 Å². The second kappa shape index (κ2) is 6.63. The number of carbonyl (C=O) groups excluding carboxylic acids is 1. The van der Waals surface area contributed by atoms with Gasteiger partial charge in [-0.3, -0.25) is 4.79 Å². The molecule has 1 heterocycles. The minimum Gasteiger partial charge on any atom is -0.323 e. The summed E-state index contributed by atoms with van der Waals surface area (Å²) in [5.74, 6) is -0.590. The van der Waals surface area contributed by atoms with Crippen molar-refractivity contribution in [2.45, 2.75) is 19.5 Å². The summed E-state index contributed by atoms with van der Waals surface area (Å²) in [4.78, 5) is 14.4. The average molecular weight is 293 g/mol. The second-order valence-corrected chi connectivity index (χ2v) is 5.83. The van der Waals surface area contributed by atoms with Crippen LogP contribution in [0.1, 0.15) is 11.8 Å². The van der Waals surface area contributed by atoms with Gasteiger partial charge >= 0.3 is 0 Å². The molecule has 0 aliphatic rings. The van der Waals surface area contributed by atoms with Crippen LogP contribution in [0, 0.1) is 5.82 Å². The van der Waals surface area contributed by atoms with Gasteiger partial charge in [-0.05, 0) is 30.5 Å². The Morgan fingerprint density at radius 3 is 2.75 bits per heavy atom. The lowest BCUT2D eigenvalue weighted by Gasteiger charge is -2.20. The number of halogens is 1. The molecule has 1 unspecified atom stereocenters. The summed E-state index contributed by atoms with van der Waals surface area (Å²) in [6.45, 7) is 2.63. The number of benzene rings is 1. The molecule has 1 amide bonds. The van der Waals surface area contributed by atoms with Crippen LogP contribution < -0.4 is 10.2 Å². The number of thiophene rings is 1. The maximum absolute atomic E-state index is 13.5. The van der Waals surface area contributed by atoms with E-state index in [0.717, 1.165) is 11.4 Å². The fourth-order valence-corrected chi connectivity index (χ4v) is 2.67. The molecule has 106 valence electrons. The Labute approximate surface area is 122 Å². The molecule has 1 aromatic carbocycles. The summed E-state index contributed by atoms with van der Waals surface area (Å²) in [6.07, 6.45) is 0. The number of amides is 1. The average Bonchev–Trinajstić information content (AvgIpc) is 2.93. The smallest absolute Gasteiger partial charge is 0.282 e. The van der Waals surface area contributed by atoms with Gasteiger partial charge in [0.2, 0.25) is 0 Å². The van der Waals surface area contributed by atoms with Gasteiger partial charge in [-0.25, -0.2) is 4.39 Å². The van der Waals surface area contributed by atoms with Gasteiger partial charge in [0, 0.05) is 0 Å². The number of anilines is 1. The zero-order chi connectivity index (χ0) is 14.5. The minimum atomic E-state index is -0.413. The highest BCUT2D eigenvalue weighted by Gasteiger charge is 2.22. The highest BCUT2D eigenvalue weighted by atomic mass is 32.1. The number of para-hydroxylation sites is 1. The summed E-state index contributed by atoms with van der Waals surface area (Å²) in [5, 5.41) is 4.66. The normalized spacial score (nSPS) is 13.8. The van der Waals surface area contributed by atoms with Crippen LogP contribution in [0.3, 0.4) is 0 Å². The Morgan fingerprint density at radius 1 is 1.35 bits per heavy atom. The third-order valence-electron chi connectivity index (χ3n) is 3.30. The molecule has 5 heteroatoms. The second-order valence-electron chi connectivity index (χ2n) is 4.79. The number of nitrogens with one attached hydrogen (secondary N) is 2. The fraction of sp³-hybridized carbons (Fsp3) is 0.267. The lowest BCUT2D eigenvalue weighted by atomic mass is 10.2. The first-order valence-corrected chi connectivity index (χ1v) is 7.36. The van der Waals surface area contributed by atoms with Crippen LogP contribution in [0.4, 0.5) is 10.1 Å². The van der Waals surface area contributed by atoms with Crippen LogP contribution in [0.25, 0.3) is 0 Å². The molecular weight excluding hydrogens is 275 g/mol. The third kappa shape index (κ3) is 3.65. The molecule has 2 aromatic rings. The number of quaternary nitrogens is 1. The van der Waals surface area contributed by atoms with E-state index in [9.17, 15) is 9.18 Å². The molecule has 20 heavy (non-hydrogen) atoms. The predicted octanol–water partition coefficient (Wildman–Crippen LogP) is 1.93. The van der Waals surface area contributed by atoms with Gasteiger partial charge in [0.05, 0.1) is 17.6 Å². The molecule has 0 aliphatic carbocycles. The van der Waals surface area contributed by atoms with E-state index in [1.54, 1.807) is 29.5 Å². The van der Waals surface area contributed by atoms with Gasteiger partial charge < -0.3 is 10.2 Å². The molecule has 0 spiro atoms. The summed E-state index contributed by atoms with van der Waals surface area (Å²) < 4.78 is 13.5. The topological polar surface area (TPSA) is 33.5 Å². The molecule has 1 aromatic heterocycles. The van der Waals surface area contributed by atoms with Crippen LogP contribution in [0.5, 0.6) is 0 Å². The van der Waals surface area contributed by atoms with E-state index in [1.807, 2.05) is 25.4 Å². The lowest BCUT2D eigenvalue weighted by Crippen LogP contribution is -3.12. The summed E-state index contributed by atoms with van der Waals surface area (Å²) in [6, 6.07) is 10.00. The van der Waals surface area contributed by atoms with Crippen molar-refractivity contribution in [1.29, 1.82) is 0 Å². The van der Waals surface area contributed by atoms with Crippen LogP contribution in [-0.2, 0) is 11.3 Å². The maximum Gasteiger partial charge on any atom is 0.282 e. The fourth-order valence-electron chi connectivity index (χ4n) is 1.87. The Kier molecular flexibility index (Phi) is 4.87. The van der Waals surface area contributed by atoms with E-state index >= 15 is 0 Å². The largest absolute Gasteiger partial charge is 0.323 e. The van der Waals surface area contributed by atoms with Crippen LogP contribution >= 0.6 is 11.3 Å². The third-order valence-corrected chi connectivity index (χ3v) is 4.17. The first-order chi connectivity index (χ1) is 9.58. The number of rotatable bonds is 5.